The van der Waals surface area contributed by atoms with Crippen molar-refractivity contribution in [2.45, 2.75) is 250 Å². The molecular formula is C43H85NO6. The summed E-state index contributed by atoms with van der Waals surface area (Å²) in [4.78, 5) is 12.5. The third kappa shape index (κ3) is 30.6. The number of carbonyl (C=O) groups excluding carboxylic acids is 1. The Morgan fingerprint density at radius 3 is 1.22 bits per heavy atom. The van der Waals surface area contributed by atoms with Gasteiger partial charge in [0.05, 0.1) is 24.9 Å². The number of unbranched alkanes of at least 4 members (excludes halogenated alkanes) is 27. The SMILES string of the molecule is CCCCC=CCCCCCCCCCCCCCC(O)C(O)C(CO)NC(=O)C(O)C(O)CCCCCCCCCCCCCCCCC. The summed E-state index contributed by atoms with van der Waals surface area (Å²) in [6, 6.07) is -1.10. The Morgan fingerprint density at radius 1 is 0.480 bits per heavy atom. The third-order valence-corrected chi connectivity index (χ3v) is 10.3. The monoisotopic (exact) mass is 712 g/mol. The highest BCUT2D eigenvalue weighted by Gasteiger charge is 2.31. The molecule has 1 amide bonds. The van der Waals surface area contributed by atoms with Crippen LogP contribution in [0.1, 0.15) is 219 Å². The fourth-order valence-electron chi connectivity index (χ4n) is 6.77. The molecule has 0 aliphatic carbocycles. The Hall–Kier alpha value is -0.990. The number of nitrogens with one attached hydrogen (secondary N) is 1. The van der Waals surface area contributed by atoms with E-state index in [2.05, 4.69) is 31.3 Å². The molecule has 0 fully saturated rings. The van der Waals surface area contributed by atoms with Crippen molar-refractivity contribution in [3.8, 4) is 0 Å². The lowest BCUT2D eigenvalue weighted by Crippen LogP contribution is -2.54. The van der Waals surface area contributed by atoms with E-state index in [4.69, 9.17) is 0 Å². The van der Waals surface area contributed by atoms with Crippen LogP contribution < -0.4 is 5.32 Å². The van der Waals surface area contributed by atoms with Crippen molar-refractivity contribution >= 4 is 5.91 Å². The van der Waals surface area contributed by atoms with Crippen LogP contribution in [0.4, 0.5) is 0 Å². The van der Waals surface area contributed by atoms with Crippen molar-refractivity contribution in [1.82, 2.24) is 5.32 Å². The Bertz CT molecular complexity index is 734. The molecule has 0 aromatic carbocycles. The fourth-order valence-corrected chi connectivity index (χ4v) is 6.77. The first-order valence-electron chi connectivity index (χ1n) is 21.7. The summed E-state index contributed by atoms with van der Waals surface area (Å²) in [5.74, 6) is -0.835. The largest absolute Gasteiger partial charge is 0.394 e. The summed E-state index contributed by atoms with van der Waals surface area (Å²) in [5.41, 5.74) is 0. The Kier molecular flexibility index (Phi) is 37.0. The predicted octanol–water partition coefficient (Wildman–Crippen LogP) is 9.99. The van der Waals surface area contributed by atoms with E-state index in [0.29, 0.717) is 12.8 Å². The predicted molar refractivity (Wildman–Crippen MR) is 211 cm³/mol. The van der Waals surface area contributed by atoms with E-state index in [9.17, 15) is 30.3 Å². The van der Waals surface area contributed by atoms with E-state index in [1.807, 2.05) is 0 Å². The molecule has 0 aromatic rings. The van der Waals surface area contributed by atoms with Crippen LogP contribution in [-0.2, 0) is 4.79 Å². The average Bonchev–Trinajstić information content (AvgIpc) is 3.12. The fraction of sp³-hybridized carbons (Fsp3) is 0.930. The van der Waals surface area contributed by atoms with E-state index in [-0.39, 0.29) is 0 Å². The molecular weight excluding hydrogens is 626 g/mol. The first kappa shape index (κ1) is 49.0. The first-order valence-corrected chi connectivity index (χ1v) is 21.7. The smallest absolute Gasteiger partial charge is 0.251 e. The summed E-state index contributed by atoms with van der Waals surface area (Å²) in [6.07, 6.45) is 36.9. The average molecular weight is 712 g/mol. The molecule has 0 heterocycles. The quantitative estimate of drug-likeness (QED) is 0.0278. The Labute approximate surface area is 309 Å². The molecule has 7 nitrogen and oxygen atoms in total. The lowest BCUT2D eigenvalue weighted by atomic mass is 9.98. The van der Waals surface area contributed by atoms with Gasteiger partial charge < -0.3 is 30.8 Å². The normalized spacial score (nSPS) is 14.9. The van der Waals surface area contributed by atoms with Crippen molar-refractivity contribution in [2.24, 2.45) is 0 Å². The molecule has 6 N–H and O–H groups in total. The van der Waals surface area contributed by atoms with Crippen LogP contribution in [-0.4, -0.2) is 68.5 Å². The number of rotatable bonds is 39. The molecule has 0 spiro atoms. The molecule has 0 aliphatic heterocycles. The topological polar surface area (TPSA) is 130 Å². The van der Waals surface area contributed by atoms with Crippen LogP contribution in [0.2, 0.25) is 0 Å². The zero-order valence-corrected chi connectivity index (χ0v) is 33.0. The van der Waals surface area contributed by atoms with E-state index in [1.165, 1.54) is 154 Å². The first-order chi connectivity index (χ1) is 24.4. The molecule has 298 valence electrons. The van der Waals surface area contributed by atoms with Gasteiger partial charge in [-0.05, 0) is 32.1 Å². The Morgan fingerprint density at radius 2 is 0.820 bits per heavy atom. The molecule has 0 saturated carbocycles. The van der Waals surface area contributed by atoms with Crippen molar-refractivity contribution in [2.75, 3.05) is 6.61 Å². The van der Waals surface area contributed by atoms with Gasteiger partial charge in [0.15, 0.2) is 6.10 Å². The highest BCUT2D eigenvalue weighted by atomic mass is 16.3. The van der Waals surface area contributed by atoms with Gasteiger partial charge in [0.1, 0.15) is 6.10 Å². The van der Waals surface area contributed by atoms with Crippen LogP contribution >= 0.6 is 0 Å². The van der Waals surface area contributed by atoms with Gasteiger partial charge in [-0.25, -0.2) is 0 Å². The lowest BCUT2D eigenvalue weighted by Gasteiger charge is -2.28. The number of allylic oxidation sites excluding steroid dienone is 2. The third-order valence-electron chi connectivity index (χ3n) is 10.3. The van der Waals surface area contributed by atoms with Crippen molar-refractivity contribution in [3.05, 3.63) is 12.2 Å². The molecule has 5 atom stereocenters. The van der Waals surface area contributed by atoms with Gasteiger partial charge in [0, 0.05) is 0 Å². The standard InChI is InChI=1S/C43H85NO6/c1-3-5-7-9-11-13-15-17-19-20-22-24-25-27-29-31-33-35-39(46)41(48)38(37-45)44-43(50)42(49)40(47)36-34-32-30-28-26-23-21-18-16-14-12-10-8-6-4-2/h9,11,38-42,45-49H,3-8,10,12-37H2,1-2H3,(H,44,50). The van der Waals surface area contributed by atoms with Crippen molar-refractivity contribution in [3.63, 3.8) is 0 Å². The second kappa shape index (κ2) is 37.8. The maximum atomic E-state index is 12.5. The number of amides is 1. The minimum Gasteiger partial charge on any atom is -0.394 e. The van der Waals surface area contributed by atoms with E-state index in [1.54, 1.807) is 0 Å². The molecule has 0 aliphatic rings. The molecule has 0 radical (unpaired) electrons. The van der Waals surface area contributed by atoms with Gasteiger partial charge >= 0.3 is 0 Å². The van der Waals surface area contributed by atoms with E-state index >= 15 is 0 Å². The maximum Gasteiger partial charge on any atom is 0.251 e. The molecule has 5 unspecified atom stereocenters. The molecule has 0 rings (SSSR count). The van der Waals surface area contributed by atoms with Crippen LogP contribution in [0.5, 0.6) is 0 Å². The number of aliphatic hydroxyl groups excluding tert-OH is 5. The van der Waals surface area contributed by atoms with Crippen LogP contribution in [0.3, 0.4) is 0 Å². The molecule has 0 aromatic heterocycles. The molecule has 7 heteroatoms. The molecule has 0 saturated heterocycles. The second-order valence-electron chi connectivity index (χ2n) is 15.2. The summed E-state index contributed by atoms with van der Waals surface area (Å²) < 4.78 is 0. The summed E-state index contributed by atoms with van der Waals surface area (Å²) in [6.45, 7) is 3.92. The van der Waals surface area contributed by atoms with Gasteiger partial charge in [0.25, 0.3) is 5.91 Å². The minimum absolute atomic E-state index is 0.319. The van der Waals surface area contributed by atoms with Crippen molar-refractivity contribution in [1.29, 1.82) is 0 Å². The van der Waals surface area contributed by atoms with Crippen LogP contribution in [0.25, 0.3) is 0 Å². The van der Waals surface area contributed by atoms with Crippen LogP contribution in [0, 0.1) is 0 Å². The molecule has 50 heavy (non-hydrogen) atoms. The Balaban J connectivity index is 3.84. The van der Waals surface area contributed by atoms with Crippen molar-refractivity contribution < 1.29 is 30.3 Å². The maximum absolute atomic E-state index is 12.5. The number of carbonyl (C=O) groups is 1. The molecule has 0 bridgehead atoms. The summed E-state index contributed by atoms with van der Waals surface area (Å²) in [5, 5.41) is 53.9. The van der Waals surface area contributed by atoms with Gasteiger partial charge in [-0.15, -0.1) is 0 Å². The summed E-state index contributed by atoms with van der Waals surface area (Å²) >= 11 is 0. The summed E-state index contributed by atoms with van der Waals surface area (Å²) in [7, 11) is 0. The number of hydrogen-bond acceptors (Lipinski definition) is 6. The highest BCUT2D eigenvalue weighted by Crippen LogP contribution is 2.17. The highest BCUT2D eigenvalue weighted by molar-refractivity contribution is 5.81. The van der Waals surface area contributed by atoms with Gasteiger partial charge in [-0.1, -0.05) is 199 Å². The van der Waals surface area contributed by atoms with E-state index < -0.39 is 43.0 Å². The zero-order valence-electron chi connectivity index (χ0n) is 33.0. The van der Waals surface area contributed by atoms with E-state index in [0.717, 1.165) is 38.5 Å². The number of aliphatic hydroxyl groups is 5. The van der Waals surface area contributed by atoms with Gasteiger partial charge in [-0.3, -0.25) is 4.79 Å². The number of hydrogen-bond donors (Lipinski definition) is 6. The lowest BCUT2D eigenvalue weighted by molar-refractivity contribution is -0.138. The minimum atomic E-state index is -1.64. The van der Waals surface area contributed by atoms with Gasteiger partial charge in [-0.2, -0.15) is 0 Å². The second-order valence-corrected chi connectivity index (χ2v) is 15.2. The van der Waals surface area contributed by atoms with Crippen LogP contribution in [0.15, 0.2) is 12.2 Å². The zero-order chi connectivity index (χ0) is 36.9. The van der Waals surface area contributed by atoms with Gasteiger partial charge in [0.2, 0.25) is 0 Å².